The third-order valence-electron chi connectivity index (χ3n) is 3.15. The lowest BCUT2D eigenvalue weighted by molar-refractivity contribution is 0.483. The third-order valence-corrected chi connectivity index (χ3v) is 4.12. The second-order valence-corrected chi connectivity index (χ2v) is 5.41. The molecule has 3 N–H and O–H groups in total. The first kappa shape index (κ1) is 11.7. The molecule has 6 heteroatoms. The summed E-state index contributed by atoms with van der Waals surface area (Å²) >= 11 is 1.78. The van der Waals surface area contributed by atoms with Crippen molar-refractivity contribution in [3.63, 3.8) is 0 Å². The number of hydrogen-bond acceptors (Lipinski definition) is 5. The first-order chi connectivity index (χ1) is 8.88. The number of anilines is 1. The highest BCUT2D eigenvalue weighted by Crippen LogP contribution is 2.30. The van der Waals surface area contributed by atoms with Gasteiger partial charge in [0.15, 0.2) is 5.82 Å². The number of nitrogens with two attached hydrogens (primary N) is 1. The van der Waals surface area contributed by atoms with Gasteiger partial charge in [-0.05, 0) is 30.8 Å². The van der Waals surface area contributed by atoms with Crippen molar-refractivity contribution in [1.29, 1.82) is 0 Å². The zero-order chi connectivity index (χ0) is 12.4. The molecule has 0 amide bonds. The molecule has 2 aromatic rings. The zero-order valence-corrected chi connectivity index (χ0v) is 11.0. The van der Waals surface area contributed by atoms with Crippen LogP contribution < -0.4 is 11.1 Å². The molecule has 0 bridgehead atoms. The van der Waals surface area contributed by atoms with Gasteiger partial charge in [-0.2, -0.15) is 10.1 Å². The Bertz CT molecular complexity index is 505. The lowest BCUT2D eigenvalue weighted by atomic mass is 10.1. The maximum Gasteiger partial charge on any atom is 0.222 e. The van der Waals surface area contributed by atoms with E-state index in [1.807, 2.05) is 4.68 Å². The minimum Gasteiger partial charge on any atom is -0.354 e. The smallest absolute Gasteiger partial charge is 0.222 e. The number of nitrogens with zero attached hydrogens (tertiary/aromatic N) is 3. The van der Waals surface area contributed by atoms with Crippen LogP contribution in [-0.4, -0.2) is 27.9 Å². The number of nitrogens with one attached hydrogen (secondary N) is 1. The molecule has 3 heterocycles. The summed E-state index contributed by atoms with van der Waals surface area (Å²) < 4.78 is 2.03. The van der Waals surface area contributed by atoms with Crippen LogP contribution in [0.15, 0.2) is 17.5 Å². The first-order valence-corrected chi connectivity index (χ1v) is 7.19. The molecule has 5 nitrogen and oxygen atoms in total. The summed E-state index contributed by atoms with van der Waals surface area (Å²) in [6.45, 7) is 1.64. The molecule has 1 aliphatic heterocycles. The topological polar surface area (TPSA) is 68.8 Å². The van der Waals surface area contributed by atoms with Gasteiger partial charge in [0, 0.05) is 17.8 Å². The average Bonchev–Trinajstić information content (AvgIpc) is 3.04. The van der Waals surface area contributed by atoms with Gasteiger partial charge in [-0.1, -0.05) is 6.07 Å². The van der Waals surface area contributed by atoms with Crippen molar-refractivity contribution in [2.24, 2.45) is 5.73 Å². The van der Waals surface area contributed by atoms with Gasteiger partial charge in [-0.25, -0.2) is 4.68 Å². The Hall–Kier alpha value is -1.40. The van der Waals surface area contributed by atoms with Crippen molar-refractivity contribution in [1.82, 2.24) is 14.8 Å². The van der Waals surface area contributed by atoms with Gasteiger partial charge in [-0.3, -0.25) is 0 Å². The Balaban J connectivity index is 1.88. The van der Waals surface area contributed by atoms with Crippen LogP contribution in [0.4, 0.5) is 5.95 Å². The SMILES string of the molecule is NCCCc1nc2n(n1)C(c1cccs1)CCN2. The number of thiophene rings is 1. The standard InChI is InChI=1S/C12H17N5S/c13-6-1-4-11-15-12-14-7-5-9(17(12)16-11)10-3-2-8-18-10/h2-3,8-9H,1,4-7,13H2,(H,14,15,16). The summed E-state index contributed by atoms with van der Waals surface area (Å²) in [5, 5.41) is 10.0. The predicted molar refractivity (Wildman–Crippen MR) is 73.0 cm³/mol. The maximum absolute atomic E-state index is 5.53. The summed E-state index contributed by atoms with van der Waals surface area (Å²) in [6.07, 6.45) is 2.86. The second kappa shape index (κ2) is 5.07. The van der Waals surface area contributed by atoms with E-state index in [9.17, 15) is 0 Å². The highest BCUT2D eigenvalue weighted by molar-refractivity contribution is 7.10. The van der Waals surface area contributed by atoms with E-state index >= 15 is 0 Å². The quantitative estimate of drug-likeness (QED) is 0.880. The fourth-order valence-electron chi connectivity index (χ4n) is 2.26. The van der Waals surface area contributed by atoms with E-state index in [-0.39, 0.29) is 0 Å². The Kier molecular flexibility index (Phi) is 3.29. The van der Waals surface area contributed by atoms with Gasteiger partial charge < -0.3 is 11.1 Å². The summed E-state index contributed by atoms with van der Waals surface area (Å²) in [5.74, 6) is 1.79. The molecule has 0 saturated heterocycles. The molecule has 0 saturated carbocycles. The molecule has 0 fully saturated rings. The van der Waals surface area contributed by atoms with E-state index < -0.39 is 0 Å². The summed E-state index contributed by atoms with van der Waals surface area (Å²) in [6, 6.07) is 4.60. The van der Waals surface area contributed by atoms with Crippen molar-refractivity contribution >= 4 is 17.3 Å². The van der Waals surface area contributed by atoms with Gasteiger partial charge in [0.2, 0.25) is 5.95 Å². The minimum atomic E-state index is 0.334. The van der Waals surface area contributed by atoms with Crippen LogP contribution in [0.5, 0.6) is 0 Å². The molecule has 0 aliphatic carbocycles. The van der Waals surface area contributed by atoms with Gasteiger partial charge >= 0.3 is 0 Å². The van der Waals surface area contributed by atoms with Gasteiger partial charge in [0.1, 0.15) is 0 Å². The zero-order valence-electron chi connectivity index (χ0n) is 10.2. The lowest BCUT2D eigenvalue weighted by Crippen LogP contribution is -2.24. The van der Waals surface area contributed by atoms with Gasteiger partial charge in [0.05, 0.1) is 6.04 Å². The number of aryl methyl sites for hydroxylation is 1. The monoisotopic (exact) mass is 263 g/mol. The van der Waals surface area contributed by atoms with Crippen LogP contribution in [0.1, 0.15) is 29.6 Å². The Morgan fingerprint density at radius 1 is 1.56 bits per heavy atom. The lowest BCUT2D eigenvalue weighted by Gasteiger charge is -2.23. The molecule has 1 unspecified atom stereocenters. The van der Waals surface area contributed by atoms with E-state index in [0.29, 0.717) is 12.6 Å². The Morgan fingerprint density at radius 3 is 3.28 bits per heavy atom. The van der Waals surface area contributed by atoms with Crippen LogP contribution in [0.25, 0.3) is 0 Å². The molecular weight excluding hydrogens is 246 g/mol. The normalized spacial score (nSPS) is 18.4. The van der Waals surface area contributed by atoms with Crippen molar-refractivity contribution in [3.05, 3.63) is 28.2 Å². The average molecular weight is 263 g/mol. The molecule has 0 aromatic carbocycles. The summed E-state index contributed by atoms with van der Waals surface area (Å²) in [5.41, 5.74) is 5.53. The largest absolute Gasteiger partial charge is 0.354 e. The minimum absolute atomic E-state index is 0.334. The van der Waals surface area contributed by atoms with E-state index in [4.69, 9.17) is 5.73 Å². The van der Waals surface area contributed by atoms with E-state index in [1.165, 1.54) is 4.88 Å². The van der Waals surface area contributed by atoms with Crippen LogP contribution in [0, 0.1) is 0 Å². The third kappa shape index (κ3) is 2.13. The summed E-state index contributed by atoms with van der Waals surface area (Å²) in [7, 11) is 0. The molecule has 96 valence electrons. The van der Waals surface area contributed by atoms with Crippen molar-refractivity contribution < 1.29 is 0 Å². The number of fused-ring (bicyclic) bond motifs is 1. The van der Waals surface area contributed by atoms with Crippen molar-refractivity contribution in [2.45, 2.75) is 25.3 Å². The molecule has 0 radical (unpaired) electrons. The summed E-state index contributed by atoms with van der Waals surface area (Å²) in [4.78, 5) is 5.89. The molecule has 1 atom stereocenters. The Labute approximate surface area is 110 Å². The molecule has 1 aliphatic rings. The van der Waals surface area contributed by atoms with E-state index in [0.717, 1.165) is 37.6 Å². The highest BCUT2D eigenvalue weighted by Gasteiger charge is 2.24. The fraction of sp³-hybridized carbons (Fsp3) is 0.500. The van der Waals surface area contributed by atoms with E-state index in [2.05, 4.69) is 32.9 Å². The molecule has 3 rings (SSSR count). The Morgan fingerprint density at radius 2 is 2.50 bits per heavy atom. The fourth-order valence-corrected chi connectivity index (χ4v) is 3.10. The number of rotatable bonds is 4. The highest BCUT2D eigenvalue weighted by atomic mass is 32.1. The molecule has 18 heavy (non-hydrogen) atoms. The van der Waals surface area contributed by atoms with E-state index in [1.54, 1.807) is 11.3 Å². The molecule has 2 aromatic heterocycles. The van der Waals surface area contributed by atoms with Gasteiger partial charge in [0.25, 0.3) is 0 Å². The second-order valence-electron chi connectivity index (χ2n) is 4.44. The first-order valence-electron chi connectivity index (χ1n) is 6.31. The van der Waals surface area contributed by atoms with Crippen LogP contribution in [-0.2, 0) is 6.42 Å². The van der Waals surface area contributed by atoms with Gasteiger partial charge in [-0.15, -0.1) is 11.3 Å². The van der Waals surface area contributed by atoms with Crippen LogP contribution >= 0.6 is 11.3 Å². The predicted octanol–water partition coefficient (Wildman–Crippen LogP) is 1.64. The van der Waals surface area contributed by atoms with Crippen LogP contribution in [0.3, 0.4) is 0 Å². The van der Waals surface area contributed by atoms with Crippen molar-refractivity contribution in [2.75, 3.05) is 18.4 Å². The van der Waals surface area contributed by atoms with Crippen LogP contribution in [0.2, 0.25) is 0 Å². The van der Waals surface area contributed by atoms with Crippen molar-refractivity contribution in [3.8, 4) is 0 Å². The molecule has 0 spiro atoms. The number of aromatic nitrogens is 3. The molecular formula is C12H17N5S. The number of hydrogen-bond donors (Lipinski definition) is 2. The maximum atomic E-state index is 5.53.